The van der Waals surface area contributed by atoms with Crippen molar-refractivity contribution < 1.29 is 19.1 Å². The van der Waals surface area contributed by atoms with Gasteiger partial charge in [0.15, 0.2) is 11.2 Å². The molecule has 136 valence electrons. The van der Waals surface area contributed by atoms with Crippen LogP contribution < -0.4 is 5.32 Å². The van der Waals surface area contributed by atoms with Gasteiger partial charge in [0.25, 0.3) is 5.91 Å². The molecule has 0 spiro atoms. The Balaban J connectivity index is 1.64. The lowest BCUT2D eigenvalue weighted by atomic mass is 10.1. The van der Waals surface area contributed by atoms with Crippen LogP contribution in [-0.2, 0) is 6.54 Å². The topological polar surface area (TPSA) is 110 Å². The summed E-state index contributed by atoms with van der Waals surface area (Å²) in [4.78, 5) is 28.0. The monoisotopic (exact) mass is 384 g/mol. The van der Waals surface area contributed by atoms with E-state index in [1.807, 2.05) is 0 Å². The molecule has 27 heavy (non-hydrogen) atoms. The summed E-state index contributed by atoms with van der Waals surface area (Å²) in [6, 6.07) is 4.96. The van der Waals surface area contributed by atoms with E-state index < -0.39 is 11.9 Å². The molecule has 0 atom stereocenters. The third-order valence-electron chi connectivity index (χ3n) is 4.10. The van der Waals surface area contributed by atoms with E-state index in [-0.39, 0.29) is 28.5 Å². The summed E-state index contributed by atoms with van der Waals surface area (Å²) in [6.07, 6.45) is 4.68. The van der Waals surface area contributed by atoms with Crippen LogP contribution in [0.25, 0.3) is 16.6 Å². The number of carboxylic acids is 1. The van der Waals surface area contributed by atoms with Crippen molar-refractivity contribution in [3.8, 4) is 0 Å². The number of carbonyl (C=O) groups excluding carboxylic acids is 1. The molecule has 0 bridgehead atoms. The fourth-order valence-electron chi connectivity index (χ4n) is 2.88. The zero-order valence-electron chi connectivity index (χ0n) is 14.1. The summed E-state index contributed by atoms with van der Waals surface area (Å²) >= 11 is 6.34. The van der Waals surface area contributed by atoms with Gasteiger partial charge in [-0.2, -0.15) is 5.10 Å². The van der Waals surface area contributed by atoms with Crippen LogP contribution in [-0.4, -0.2) is 31.6 Å². The number of carbonyl (C=O) groups is 2. The number of aromatic carboxylic acids is 1. The summed E-state index contributed by atoms with van der Waals surface area (Å²) in [5, 5.41) is 16.9. The first-order chi connectivity index (χ1) is 13.0. The molecule has 4 aromatic rings. The smallest absolute Gasteiger partial charge is 0.339 e. The molecule has 1 amide bonds. The Hall–Kier alpha value is -3.39. The molecular formula is C18H13ClN4O4. The van der Waals surface area contributed by atoms with Crippen molar-refractivity contribution in [3.05, 3.63) is 64.3 Å². The number of fused-ring (bicyclic) bond motifs is 2. The minimum atomic E-state index is -1.11. The number of carboxylic acid groups (broad SMARTS) is 1. The number of hydrogen-bond donors (Lipinski definition) is 2. The second kappa shape index (κ2) is 6.40. The first-order valence-electron chi connectivity index (χ1n) is 7.97. The molecule has 0 unspecified atom stereocenters. The second-order valence-corrected chi connectivity index (χ2v) is 6.34. The van der Waals surface area contributed by atoms with Gasteiger partial charge in [-0.1, -0.05) is 11.6 Å². The number of halogens is 1. The zero-order valence-corrected chi connectivity index (χ0v) is 14.8. The van der Waals surface area contributed by atoms with Gasteiger partial charge in [0, 0.05) is 17.8 Å². The van der Waals surface area contributed by atoms with Crippen LogP contribution in [0.2, 0.25) is 5.02 Å². The third kappa shape index (κ3) is 2.89. The molecule has 1 aromatic carbocycles. The van der Waals surface area contributed by atoms with Gasteiger partial charge in [0.05, 0.1) is 17.8 Å². The van der Waals surface area contributed by atoms with E-state index in [4.69, 9.17) is 16.0 Å². The van der Waals surface area contributed by atoms with Crippen LogP contribution in [0.15, 0.2) is 41.2 Å². The molecule has 2 N–H and O–H groups in total. The molecule has 8 nitrogen and oxygen atoms in total. The first-order valence-corrected chi connectivity index (χ1v) is 8.35. The van der Waals surface area contributed by atoms with Gasteiger partial charge in [-0.05, 0) is 30.7 Å². The molecule has 3 heterocycles. The molecule has 0 aliphatic rings. The predicted molar refractivity (Wildman–Crippen MR) is 97.1 cm³/mol. The van der Waals surface area contributed by atoms with E-state index in [0.29, 0.717) is 16.6 Å². The highest BCUT2D eigenvalue weighted by Gasteiger charge is 2.20. The van der Waals surface area contributed by atoms with Crippen LogP contribution in [0.5, 0.6) is 0 Å². The summed E-state index contributed by atoms with van der Waals surface area (Å²) in [5.41, 5.74) is 1.69. The highest BCUT2D eigenvalue weighted by molar-refractivity contribution is 6.36. The van der Waals surface area contributed by atoms with Gasteiger partial charge in [-0.3, -0.25) is 4.79 Å². The van der Waals surface area contributed by atoms with Gasteiger partial charge in [0.1, 0.15) is 16.9 Å². The highest BCUT2D eigenvalue weighted by atomic mass is 35.5. The van der Waals surface area contributed by atoms with E-state index in [0.717, 1.165) is 5.56 Å². The lowest BCUT2D eigenvalue weighted by Gasteiger charge is -2.02. The molecule has 9 heteroatoms. The number of nitrogens with zero attached hydrogens (tertiary/aromatic N) is 3. The number of hydrogen-bond acceptors (Lipinski definition) is 5. The highest BCUT2D eigenvalue weighted by Crippen LogP contribution is 2.33. The summed E-state index contributed by atoms with van der Waals surface area (Å²) < 4.78 is 7.13. The van der Waals surface area contributed by atoms with Crippen molar-refractivity contribution in [1.29, 1.82) is 0 Å². The lowest BCUT2D eigenvalue weighted by molar-refractivity contribution is 0.0697. The molecule has 0 saturated carbocycles. The van der Waals surface area contributed by atoms with Crippen LogP contribution in [0.4, 0.5) is 0 Å². The quantitative estimate of drug-likeness (QED) is 0.559. The Kier molecular flexibility index (Phi) is 4.04. The van der Waals surface area contributed by atoms with Gasteiger partial charge in [0.2, 0.25) is 0 Å². The lowest BCUT2D eigenvalue weighted by Crippen LogP contribution is -2.22. The molecule has 0 saturated heterocycles. The predicted octanol–water partition coefficient (Wildman–Crippen LogP) is 3.07. The molecule has 0 aliphatic heterocycles. The van der Waals surface area contributed by atoms with Gasteiger partial charge in [-0.25, -0.2) is 14.3 Å². The van der Waals surface area contributed by atoms with Gasteiger partial charge in [-0.15, -0.1) is 0 Å². The Morgan fingerprint density at radius 3 is 2.93 bits per heavy atom. The second-order valence-electron chi connectivity index (χ2n) is 5.96. The van der Waals surface area contributed by atoms with Crippen LogP contribution in [0.1, 0.15) is 32.0 Å². The van der Waals surface area contributed by atoms with E-state index in [9.17, 15) is 14.7 Å². The maximum atomic E-state index is 12.5. The first kappa shape index (κ1) is 17.0. The Morgan fingerprint density at radius 1 is 1.33 bits per heavy atom. The average Bonchev–Trinajstić information content (AvgIpc) is 3.21. The molecule has 0 radical (unpaired) electrons. The Bertz CT molecular complexity index is 1210. The summed E-state index contributed by atoms with van der Waals surface area (Å²) in [7, 11) is 0. The summed E-state index contributed by atoms with van der Waals surface area (Å²) in [6.45, 7) is 1.77. The molecular weight excluding hydrogens is 372 g/mol. The number of aryl methyl sites for hydroxylation is 1. The van der Waals surface area contributed by atoms with Crippen molar-refractivity contribution in [2.45, 2.75) is 13.5 Å². The minimum absolute atomic E-state index is 0.00533. The van der Waals surface area contributed by atoms with Crippen molar-refractivity contribution >= 4 is 40.1 Å². The normalized spacial score (nSPS) is 11.2. The van der Waals surface area contributed by atoms with Crippen LogP contribution in [0.3, 0.4) is 0 Å². The standard InChI is InChI=1S/C18H13ClN4O4/c1-9-5-10-14(19)13(27-15(10)11(6-9)18(25)26)8-21-17(24)12-7-22-23-4-2-3-20-16(12)23/h2-7H,8H2,1H3,(H,21,24)(H,25,26). The van der Waals surface area contributed by atoms with Crippen LogP contribution >= 0.6 is 11.6 Å². The van der Waals surface area contributed by atoms with E-state index >= 15 is 0 Å². The van der Waals surface area contributed by atoms with E-state index in [1.165, 1.54) is 16.8 Å². The number of furan rings is 1. The molecule has 3 aromatic heterocycles. The maximum Gasteiger partial charge on any atom is 0.339 e. The largest absolute Gasteiger partial charge is 0.478 e. The molecule has 0 fully saturated rings. The Morgan fingerprint density at radius 2 is 2.15 bits per heavy atom. The van der Waals surface area contributed by atoms with Gasteiger partial charge >= 0.3 is 5.97 Å². The van der Waals surface area contributed by atoms with E-state index in [2.05, 4.69) is 15.4 Å². The Labute approximate surface area is 157 Å². The SMILES string of the molecule is Cc1cc(C(=O)O)c2oc(CNC(=O)c3cnn4cccnc34)c(Cl)c2c1. The zero-order chi connectivity index (χ0) is 19.1. The average molecular weight is 385 g/mol. The number of amides is 1. The van der Waals surface area contributed by atoms with Crippen molar-refractivity contribution in [3.63, 3.8) is 0 Å². The number of aromatic nitrogens is 3. The van der Waals surface area contributed by atoms with Crippen molar-refractivity contribution in [2.75, 3.05) is 0 Å². The number of nitrogens with one attached hydrogen (secondary N) is 1. The minimum Gasteiger partial charge on any atom is -0.478 e. The van der Waals surface area contributed by atoms with Crippen molar-refractivity contribution in [1.82, 2.24) is 19.9 Å². The molecule has 4 rings (SSSR count). The molecule has 0 aliphatic carbocycles. The number of rotatable bonds is 4. The fourth-order valence-corrected chi connectivity index (χ4v) is 3.13. The van der Waals surface area contributed by atoms with Crippen molar-refractivity contribution in [2.24, 2.45) is 0 Å². The maximum absolute atomic E-state index is 12.5. The van der Waals surface area contributed by atoms with E-state index in [1.54, 1.807) is 31.5 Å². The third-order valence-corrected chi connectivity index (χ3v) is 4.52. The number of benzene rings is 1. The summed E-state index contributed by atoms with van der Waals surface area (Å²) in [5.74, 6) is -1.23. The fraction of sp³-hybridized carbons (Fsp3) is 0.111. The van der Waals surface area contributed by atoms with Crippen LogP contribution in [0, 0.1) is 6.92 Å². The van der Waals surface area contributed by atoms with Gasteiger partial charge < -0.3 is 14.8 Å².